The Morgan fingerprint density at radius 2 is 1.84 bits per heavy atom. The lowest BCUT2D eigenvalue weighted by Gasteiger charge is -2.31. The molecule has 2 rings (SSSR count). The van der Waals surface area contributed by atoms with E-state index >= 15 is 0 Å². The van der Waals surface area contributed by atoms with Gasteiger partial charge >= 0.3 is 5.97 Å². The van der Waals surface area contributed by atoms with Gasteiger partial charge in [0.1, 0.15) is 11.5 Å². The first-order valence-electron chi connectivity index (χ1n) is 8.66. The predicted octanol–water partition coefficient (Wildman–Crippen LogP) is 2.36. The van der Waals surface area contributed by atoms with Gasteiger partial charge in [0.2, 0.25) is 5.91 Å². The molecular formula is C19H27NO5. The van der Waals surface area contributed by atoms with E-state index in [9.17, 15) is 9.59 Å². The van der Waals surface area contributed by atoms with Crippen molar-refractivity contribution in [1.29, 1.82) is 0 Å². The highest BCUT2D eigenvalue weighted by molar-refractivity contribution is 5.80. The maximum atomic E-state index is 12.6. The van der Waals surface area contributed by atoms with E-state index in [0.717, 1.165) is 16.9 Å². The zero-order chi connectivity index (χ0) is 18.4. The SMILES string of the molecule is CCOC(=O)C1CCN(C(=O)Cc2ccc(OC)c(C)c2OC)CC1. The van der Waals surface area contributed by atoms with Crippen molar-refractivity contribution in [1.82, 2.24) is 4.90 Å². The first-order chi connectivity index (χ1) is 12.0. The highest BCUT2D eigenvalue weighted by Crippen LogP contribution is 2.32. The van der Waals surface area contributed by atoms with E-state index in [1.165, 1.54) is 0 Å². The average molecular weight is 349 g/mol. The Morgan fingerprint density at radius 3 is 2.40 bits per heavy atom. The number of benzene rings is 1. The first kappa shape index (κ1) is 19.1. The van der Waals surface area contributed by atoms with Crippen LogP contribution in [0.1, 0.15) is 30.9 Å². The summed E-state index contributed by atoms with van der Waals surface area (Å²) in [6, 6.07) is 3.72. The van der Waals surface area contributed by atoms with Crippen LogP contribution in [0.25, 0.3) is 0 Å². The van der Waals surface area contributed by atoms with Crippen molar-refractivity contribution in [2.75, 3.05) is 33.9 Å². The van der Waals surface area contributed by atoms with Crippen LogP contribution in [0.4, 0.5) is 0 Å². The second-order valence-corrected chi connectivity index (χ2v) is 6.17. The minimum absolute atomic E-state index is 0.0465. The molecule has 1 amide bonds. The molecule has 1 aromatic rings. The summed E-state index contributed by atoms with van der Waals surface area (Å²) in [4.78, 5) is 26.2. The fraction of sp³-hybridized carbons (Fsp3) is 0.579. The minimum Gasteiger partial charge on any atom is -0.496 e. The number of hydrogen-bond donors (Lipinski definition) is 0. The zero-order valence-electron chi connectivity index (χ0n) is 15.5. The number of ether oxygens (including phenoxy) is 3. The molecule has 0 unspecified atom stereocenters. The van der Waals surface area contributed by atoms with E-state index in [0.29, 0.717) is 38.3 Å². The fourth-order valence-corrected chi connectivity index (χ4v) is 3.27. The number of likely N-dealkylation sites (tertiary alicyclic amines) is 1. The van der Waals surface area contributed by atoms with Crippen LogP contribution in [-0.2, 0) is 20.7 Å². The van der Waals surface area contributed by atoms with Gasteiger partial charge in [-0.25, -0.2) is 0 Å². The van der Waals surface area contributed by atoms with E-state index in [-0.39, 0.29) is 24.2 Å². The zero-order valence-corrected chi connectivity index (χ0v) is 15.5. The van der Waals surface area contributed by atoms with Gasteiger partial charge in [0.05, 0.1) is 33.2 Å². The summed E-state index contributed by atoms with van der Waals surface area (Å²) in [5.74, 6) is 1.23. The smallest absolute Gasteiger partial charge is 0.309 e. The number of nitrogens with zero attached hydrogens (tertiary/aromatic N) is 1. The van der Waals surface area contributed by atoms with E-state index in [1.54, 1.807) is 21.1 Å². The van der Waals surface area contributed by atoms with Crippen molar-refractivity contribution in [3.8, 4) is 11.5 Å². The molecule has 0 atom stereocenters. The van der Waals surface area contributed by atoms with Crippen LogP contribution in [-0.4, -0.2) is 50.7 Å². The van der Waals surface area contributed by atoms with Crippen LogP contribution in [0.15, 0.2) is 12.1 Å². The lowest BCUT2D eigenvalue weighted by molar-refractivity contribution is -0.151. The van der Waals surface area contributed by atoms with E-state index in [2.05, 4.69) is 0 Å². The minimum atomic E-state index is -0.151. The number of carbonyl (C=O) groups excluding carboxylic acids is 2. The van der Waals surface area contributed by atoms with Gasteiger partial charge < -0.3 is 19.1 Å². The molecule has 1 aromatic carbocycles. The van der Waals surface area contributed by atoms with Crippen molar-refractivity contribution < 1.29 is 23.8 Å². The Bertz CT molecular complexity index is 620. The largest absolute Gasteiger partial charge is 0.496 e. The molecule has 0 aliphatic carbocycles. The van der Waals surface area contributed by atoms with Crippen LogP contribution in [0.5, 0.6) is 11.5 Å². The Labute approximate surface area is 149 Å². The number of esters is 1. The third kappa shape index (κ3) is 4.44. The highest BCUT2D eigenvalue weighted by Gasteiger charge is 2.28. The van der Waals surface area contributed by atoms with Gasteiger partial charge in [-0.3, -0.25) is 9.59 Å². The summed E-state index contributed by atoms with van der Waals surface area (Å²) in [6.07, 6.45) is 1.59. The highest BCUT2D eigenvalue weighted by atomic mass is 16.5. The van der Waals surface area contributed by atoms with Gasteiger partial charge in [0, 0.05) is 24.2 Å². The summed E-state index contributed by atoms with van der Waals surface area (Å²) in [5, 5.41) is 0. The molecule has 138 valence electrons. The molecule has 1 aliphatic heterocycles. The molecule has 1 aliphatic rings. The molecule has 25 heavy (non-hydrogen) atoms. The monoisotopic (exact) mass is 349 g/mol. The van der Waals surface area contributed by atoms with Gasteiger partial charge in [0.25, 0.3) is 0 Å². The van der Waals surface area contributed by atoms with E-state index in [1.807, 2.05) is 24.0 Å². The molecule has 0 spiro atoms. The fourth-order valence-electron chi connectivity index (χ4n) is 3.27. The summed E-state index contributed by atoms with van der Waals surface area (Å²) >= 11 is 0. The Kier molecular flexibility index (Phi) is 6.67. The Balaban J connectivity index is 1.99. The van der Waals surface area contributed by atoms with Gasteiger partial charge in [-0.05, 0) is 32.8 Å². The summed E-state index contributed by atoms with van der Waals surface area (Å²) in [5.41, 5.74) is 1.73. The van der Waals surface area contributed by atoms with Crippen molar-refractivity contribution in [3.05, 3.63) is 23.3 Å². The Hall–Kier alpha value is -2.24. The molecule has 0 bridgehead atoms. The number of piperidine rings is 1. The number of amides is 1. The van der Waals surface area contributed by atoms with Gasteiger partial charge in [-0.1, -0.05) is 6.07 Å². The second kappa shape index (κ2) is 8.74. The number of methoxy groups -OCH3 is 2. The van der Waals surface area contributed by atoms with E-state index in [4.69, 9.17) is 14.2 Å². The van der Waals surface area contributed by atoms with E-state index < -0.39 is 0 Å². The molecule has 1 fully saturated rings. The molecule has 0 aromatic heterocycles. The standard InChI is InChI=1S/C19H27NO5/c1-5-25-19(22)14-8-10-20(11-9-14)17(21)12-15-6-7-16(23-3)13(2)18(15)24-4/h6-7,14H,5,8-12H2,1-4H3. The number of carbonyl (C=O) groups is 2. The second-order valence-electron chi connectivity index (χ2n) is 6.17. The van der Waals surface area contributed by atoms with Crippen molar-refractivity contribution >= 4 is 11.9 Å². The summed E-state index contributed by atoms with van der Waals surface area (Å²) in [7, 11) is 3.21. The molecule has 0 radical (unpaired) electrons. The molecule has 6 heteroatoms. The average Bonchev–Trinajstić information content (AvgIpc) is 2.62. The van der Waals surface area contributed by atoms with Gasteiger partial charge in [0.15, 0.2) is 0 Å². The van der Waals surface area contributed by atoms with Crippen molar-refractivity contribution in [2.24, 2.45) is 5.92 Å². The number of hydrogen-bond acceptors (Lipinski definition) is 5. The Morgan fingerprint density at radius 1 is 1.16 bits per heavy atom. The van der Waals surface area contributed by atoms with Crippen LogP contribution in [0.3, 0.4) is 0 Å². The summed E-state index contributed by atoms with van der Waals surface area (Å²) < 4.78 is 15.8. The third-order valence-corrected chi connectivity index (χ3v) is 4.67. The normalized spacial score (nSPS) is 15.0. The maximum Gasteiger partial charge on any atom is 0.309 e. The van der Waals surface area contributed by atoms with Crippen LogP contribution >= 0.6 is 0 Å². The van der Waals surface area contributed by atoms with Gasteiger partial charge in [-0.15, -0.1) is 0 Å². The van der Waals surface area contributed by atoms with Crippen LogP contribution in [0.2, 0.25) is 0 Å². The third-order valence-electron chi connectivity index (χ3n) is 4.67. The van der Waals surface area contributed by atoms with Crippen LogP contribution < -0.4 is 9.47 Å². The van der Waals surface area contributed by atoms with Crippen molar-refractivity contribution in [3.63, 3.8) is 0 Å². The molecular weight excluding hydrogens is 322 g/mol. The first-order valence-corrected chi connectivity index (χ1v) is 8.66. The van der Waals surface area contributed by atoms with Crippen LogP contribution in [0, 0.1) is 12.8 Å². The van der Waals surface area contributed by atoms with Crippen molar-refractivity contribution in [2.45, 2.75) is 33.1 Å². The topological polar surface area (TPSA) is 65.1 Å². The lowest BCUT2D eigenvalue weighted by atomic mass is 9.96. The summed E-state index contributed by atoms with van der Waals surface area (Å²) in [6.45, 7) is 5.28. The number of rotatable bonds is 6. The maximum absolute atomic E-state index is 12.6. The molecule has 0 saturated carbocycles. The quantitative estimate of drug-likeness (QED) is 0.738. The van der Waals surface area contributed by atoms with Gasteiger partial charge in [-0.2, -0.15) is 0 Å². The predicted molar refractivity (Wildman–Crippen MR) is 93.9 cm³/mol. The molecule has 0 N–H and O–H groups in total. The lowest BCUT2D eigenvalue weighted by Crippen LogP contribution is -2.41. The molecule has 1 saturated heterocycles. The molecule has 6 nitrogen and oxygen atoms in total. The molecule has 1 heterocycles.